The standard InChI is InChI=1S/C20H32N4O2/c1-4-21-20(22-9-5-6-13(2)3)23-10-11-24-18(25)16-14-7-8-15(12-14)17(16)19(24)26/h7-8,13-17H,4-6,9-12H2,1-3H3,(H2,21,22,23). The second-order valence-corrected chi connectivity index (χ2v) is 8.05. The van der Waals surface area contributed by atoms with Crippen LogP contribution in [0.3, 0.4) is 0 Å². The number of amides is 2. The molecule has 26 heavy (non-hydrogen) atoms. The van der Waals surface area contributed by atoms with E-state index in [0.717, 1.165) is 31.9 Å². The lowest BCUT2D eigenvalue weighted by molar-refractivity contribution is -0.140. The number of hydrogen-bond donors (Lipinski definition) is 2. The minimum atomic E-state index is -0.101. The summed E-state index contributed by atoms with van der Waals surface area (Å²) in [4.78, 5) is 31.4. The summed E-state index contributed by atoms with van der Waals surface area (Å²) in [5.41, 5.74) is 0. The number of nitrogens with one attached hydrogen (secondary N) is 2. The molecule has 1 aliphatic heterocycles. The van der Waals surface area contributed by atoms with Crippen molar-refractivity contribution in [1.82, 2.24) is 15.5 Å². The van der Waals surface area contributed by atoms with Crippen LogP contribution in [0.2, 0.25) is 0 Å². The van der Waals surface area contributed by atoms with Crippen LogP contribution in [0.15, 0.2) is 17.1 Å². The molecule has 4 atom stereocenters. The molecule has 2 bridgehead atoms. The van der Waals surface area contributed by atoms with Crippen molar-refractivity contribution in [2.75, 3.05) is 26.2 Å². The van der Waals surface area contributed by atoms with Gasteiger partial charge in [-0.05, 0) is 43.9 Å². The predicted molar refractivity (Wildman–Crippen MR) is 102 cm³/mol. The summed E-state index contributed by atoms with van der Waals surface area (Å²) >= 11 is 0. The predicted octanol–water partition coefficient (Wildman–Crippen LogP) is 1.78. The van der Waals surface area contributed by atoms with Crippen molar-refractivity contribution in [1.29, 1.82) is 0 Å². The van der Waals surface area contributed by atoms with Gasteiger partial charge in [0.25, 0.3) is 0 Å². The Morgan fingerprint density at radius 1 is 1.19 bits per heavy atom. The Hall–Kier alpha value is -1.85. The van der Waals surface area contributed by atoms with Crippen molar-refractivity contribution in [3.05, 3.63) is 12.2 Å². The lowest BCUT2D eigenvalue weighted by atomic mass is 9.85. The molecule has 144 valence electrons. The number of imide groups is 1. The number of likely N-dealkylation sites (tertiary alicyclic amines) is 1. The summed E-state index contributed by atoms with van der Waals surface area (Å²) in [6.07, 6.45) is 7.47. The summed E-state index contributed by atoms with van der Waals surface area (Å²) in [6, 6.07) is 0. The molecular formula is C20H32N4O2. The average molecular weight is 361 g/mol. The Bertz CT molecular complexity index is 569. The van der Waals surface area contributed by atoms with Gasteiger partial charge in [-0.3, -0.25) is 19.5 Å². The molecule has 0 aromatic carbocycles. The zero-order valence-corrected chi connectivity index (χ0v) is 16.2. The molecule has 0 aromatic heterocycles. The molecule has 3 rings (SSSR count). The molecule has 4 unspecified atom stereocenters. The maximum absolute atomic E-state index is 12.7. The van der Waals surface area contributed by atoms with Crippen molar-refractivity contribution in [3.63, 3.8) is 0 Å². The number of allylic oxidation sites excluding steroid dienone is 2. The molecule has 3 aliphatic rings. The highest BCUT2D eigenvalue weighted by atomic mass is 16.2. The van der Waals surface area contributed by atoms with Crippen LogP contribution < -0.4 is 10.6 Å². The highest BCUT2D eigenvalue weighted by Crippen LogP contribution is 2.52. The lowest BCUT2D eigenvalue weighted by Crippen LogP contribution is -2.43. The molecule has 1 saturated carbocycles. The maximum Gasteiger partial charge on any atom is 0.233 e. The summed E-state index contributed by atoms with van der Waals surface area (Å²) in [7, 11) is 0. The van der Waals surface area contributed by atoms with Crippen molar-refractivity contribution in [2.24, 2.45) is 34.6 Å². The molecule has 1 saturated heterocycles. The molecule has 6 heteroatoms. The van der Waals surface area contributed by atoms with Crippen LogP contribution in [-0.4, -0.2) is 48.9 Å². The van der Waals surface area contributed by atoms with E-state index in [-0.39, 0.29) is 35.5 Å². The fraction of sp³-hybridized carbons (Fsp3) is 0.750. The Morgan fingerprint density at radius 3 is 2.42 bits per heavy atom. The Morgan fingerprint density at radius 2 is 1.85 bits per heavy atom. The summed E-state index contributed by atoms with van der Waals surface area (Å²) in [5, 5.41) is 6.48. The second kappa shape index (κ2) is 8.23. The van der Waals surface area contributed by atoms with Crippen LogP contribution in [0.25, 0.3) is 0 Å². The van der Waals surface area contributed by atoms with Gasteiger partial charge in [0.15, 0.2) is 5.96 Å². The normalized spacial score (nSPS) is 29.8. The van der Waals surface area contributed by atoms with Gasteiger partial charge in [-0.2, -0.15) is 0 Å². The first kappa shape index (κ1) is 18.9. The summed E-state index contributed by atoms with van der Waals surface area (Å²) in [5.74, 6) is 1.86. The van der Waals surface area contributed by atoms with E-state index in [4.69, 9.17) is 0 Å². The van der Waals surface area contributed by atoms with E-state index >= 15 is 0 Å². The third-order valence-corrected chi connectivity index (χ3v) is 5.74. The molecule has 2 amide bonds. The van der Waals surface area contributed by atoms with Crippen LogP contribution in [-0.2, 0) is 9.59 Å². The van der Waals surface area contributed by atoms with Crippen LogP contribution in [0.4, 0.5) is 0 Å². The van der Waals surface area contributed by atoms with Crippen LogP contribution in [0.1, 0.15) is 40.0 Å². The van der Waals surface area contributed by atoms with E-state index < -0.39 is 0 Å². The molecule has 6 nitrogen and oxygen atoms in total. The molecule has 2 aliphatic carbocycles. The molecule has 1 heterocycles. The van der Waals surface area contributed by atoms with Gasteiger partial charge in [-0.15, -0.1) is 0 Å². The first-order valence-electron chi connectivity index (χ1n) is 10.1. The molecule has 0 radical (unpaired) electrons. The highest BCUT2D eigenvalue weighted by Gasteiger charge is 2.58. The number of fused-ring (bicyclic) bond motifs is 5. The van der Waals surface area contributed by atoms with Gasteiger partial charge in [-0.25, -0.2) is 0 Å². The molecule has 0 spiro atoms. The minimum Gasteiger partial charge on any atom is -0.357 e. The monoisotopic (exact) mass is 360 g/mol. The Kier molecular flexibility index (Phi) is 5.99. The lowest BCUT2D eigenvalue weighted by Gasteiger charge is -2.18. The fourth-order valence-electron chi connectivity index (χ4n) is 4.50. The van der Waals surface area contributed by atoms with Gasteiger partial charge in [0, 0.05) is 26.2 Å². The smallest absolute Gasteiger partial charge is 0.233 e. The average Bonchev–Trinajstić information content (AvgIpc) is 3.27. The van der Waals surface area contributed by atoms with E-state index in [0.29, 0.717) is 19.0 Å². The Balaban J connectivity index is 1.48. The molecule has 2 fully saturated rings. The molecular weight excluding hydrogens is 328 g/mol. The van der Waals surface area contributed by atoms with E-state index in [9.17, 15) is 9.59 Å². The van der Waals surface area contributed by atoms with Crippen molar-refractivity contribution < 1.29 is 9.59 Å². The van der Waals surface area contributed by atoms with E-state index in [1.165, 1.54) is 11.3 Å². The first-order valence-corrected chi connectivity index (χ1v) is 10.1. The van der Waals surface area contributed by atoms with Gasteiger partial charge in [0.1, 0.15) is 0 Å². The SMILES string of the molecule is CCNC(=NCCCC(C)C)NCCN1C(=O)C2C3C=CC(C3)C2C1=O. The number of rotatable bonds is 8. The van der Waals surface area contributed by atoms with E-state index in [1.807, 2.05) is 6.92 Å². The fourth-order valence-corrected chi connectivity index (χ4v) is 4.50. The number of carbonyl (C=O) groups is 2. The van der Waals surface area contributed by atoms with Crippen molar-refractivity contribution in [3.8, 4) is 0 Å². The summed E-state index contributed by atoms with van der Waals surface area (Å²) < 4.78 is 0. The summed E-state index contributed by atoms with van der Waals surface area (Å²) in [6.45, 7) is 8.99. The topological polar surface area (TPSA) is 73.8 Å². The van der Waals surface area contributed by atoms with Gasteiger partial charge in [0.2, 0.25) is 11.8 Å². The van der Waals surface area contributed by atoms with Gasteiger partial charge >= 0.3 is 0 Å². The van der Waals surface area contributed by atoms with Gasteiger partial charge in [-0.1, -0.05) is 26.0 Å². The van der Waals surface area contributed by atoms with Crippen LogP contribution in [0.5, 0.6) is 0 Å². The van der Waals surface area contributed by atoms with E-state index in [1.54, 1.807) is 0 Å². The Labute approximate surface area is 156 Å². The van der Waals surface area contributed by atoms with E-state index in [2.05, 4.69) is 41.6 Å². The quantitative estimate of drug-likeness (QED) is 0.228. The first-order chi connectivity index (χ1) is 12.5. The van der Waals surface area contributed by atoms with Crippen molar-refractivity contribution in [2.45, 2.75) is 40.0 Å². The zero-order chi connectivity index (χ0) is 18.7. The number of aliphatic imine (C=N–C) groups is 1. The minimum absolute atomic E-state index is 0.0255. The largest absolute Gasteiger partial charge is 0.357 e. The third-order valence-electron chi connectivity index (χ3n) is 5.74. The highest BCUT2D eigenvalue weighted by molar-refractivity contribution is 6.06. The molecule has 2 N–H and O–H groups in total. The maximum atomic E-state index is 12.7. The molecule has 0 aromatic rings. The third kappa shape index (κ3) is 3.79. The number of hydrogen-bond acceptors (Lipinski definition) is 3. The number of guanidine groups is 1. The van der Waals surface area contributed by atoms with Crippen LogP contribution in [0, 0.1) is 29.6 Å². The van der Waals surface area contributed by atoms with Crippen LogP contribution >= 0.6 is 0 Å². The number of carbonyl (C=O) groups excluding carboxylic acids is 2. The van der Waals surface area contributed by atoms with Gasteiger partial charge < -0.3 is 10.6 Å². The number of nitrogens with zero attached hydrogens (tertiary/aromatic N) is 2. The zero-order valence-electron chi connectivity index (χ0n) is 16.2. The van der Waals surface area contributed by atoms with Gasteiger partial charge in [0.05, 0.1) is 11.8 Å². The van der Waals surface area contributed by atoms with Crippen molar-refractivity contribution >= 4 is 17.8 Å². The second-order valence-electron chi connectivity index (χ2n) is 8.05.